The lowest BCUT2D eigenvalue weighted by atomic mass is 9.69. The topological polar surface area (TPSA) is 80.3 Å². The number of ether oxygens (including phenoxy) is 3. The monoisotopic (exact) mass is 430 g/mol. The molecule has 0 amide bonds. The summed E-state index contributed by atoms with van der Waals surface area (Å²) in [5.74, 6) is 0.750. The quantitative estimate of drug-likeness (QED) is 0.422. The number of carbonyl (C=O) groups is 1. The van der Waals surface area contributed by atoms with Gasteiger partial charge in [-0.25, -0.2) is 4.79 Å². The third-order valence-electron chi connectivity index (χ3n) is 7.57. The van der Waals surface area contributed by atoms with E-state index in [-0.39, 0.29) is 24.0 Å². The molecular weight excluding hydrogens is 396 g/mol. The Kier molecular flexibility index (Phi) is 5.92. The number of carbonyl (C=O) groups excluding carboxylic acids is 1. The van der Waals surface area contributed by atoms with Crippen molar-refractivity contribution in [2.24, 2.45) is 11.8 Å². The number of benzene rings is 1. The van der Waals surface area contributed by atoms with Gasteiger partial charge in [0.2, 0.25) is 0 Å². The Morgan fingerprint density at radius 3 is 2.77 bits per heavy atom. The summed E-state index contributed by atoms with van der Waals surface area (Å²) >= 11 is 0. The molecule has 4 rings (SSSR count). The van der Waals surface area contributed by atoms with Crippen molar-refractivity contribution in [1.29, 1.82) is 0 Å². The molecule has 3 aliphatic heterocycles. The summed E-state index contributed by atoms with van der Waals surface area (Å²) in [7, 11) is 4.63. The summed E-state index contributed by atoms with van der Waals surface area (Å²) in [5, 5.41) is 15.6. The first-order valence-electron chi connectivity index (χ1n) is 11.1. The Hall–Kier alpha value is -2.25. The fraction of sp³-hybridized carbons (Fsp3) is 0.625. The van der Waals surface area contributed by atoms with Crippen molar-refractivity contribution in [3.63, 3.8) is 0 Å². The van der Waals surface area contributed by atoms with Gasteiger partial charge < -0.3 is 24.6 Å². The van der Waals surface area contributed by atoms with Gasteiger partial charge >= 0.3 is 5.97 Å². The highest BCUT2D eigenvalue weighted by atomic mass is 16.5. The molecule has 7 nitrogen and oxygen atoms in total. The maximum absolute atomic E-state index is 12.5. The average Bonchev–Trinajstić information content (AvgIpc) is 3.09. The van der Waals surface area contributed by atoms with Gasteiger partial charge in [0.1, 0.15) is 11.4 Å². The number of aliphatic hydroxyl groups is 1. The minimum absolute atomic E-state index is 0.00939. The summed E-state index contributed by atoms with van der Waals surface area (Å²) in [6, 6.07) is 3.96. The number of hydrogen-bond acceptors (Lipinski definition) is 7. The molecular formula is C24H34N2O5. The maximum atomic E-state index is 12.5. The smallest absolute Gasteiger partial charge is 0.337 e. The van der Waals surface area contributed by atoms with Crippen LogP contribution in [0, 0.1) is 18.8 Å². The van der Waals surface area contributed by atoms with Crippen LogP contribution in [0.4, 0.5) is 5.69 Å². The molecule has 3 heterocycles. The first kappa shape index (κ1) is 22.0. The SMILES string of the molecule is CC[C@@H]1CN2CC[C@]3(O)c4c(ccc(C)c4OC)N[C@@H]3[C@@H]2C[C@@H]1/C(=C\OC)C(=O)OC. The first-order valence-corrected chi connectivity index (χ1v) is 11.1. The number of rotatable bonds is 5. The van der Waals surface area contributed by atoms with Crippen molar-refractivity contribution in [3.05, 3.63) is 35.1 Å². The average molecular weight is 431 g/mol. The van der Waals surface area contributed by atoms with Gasteiger partial charge in [0, 0.05) is 24.8 Å². The van der Waals surface area contributed by atoms with Gasteiger partial charge in [0.25, 0.3) is 0 Å². The number of nitrogens with one attached hydrogen (secondary N) is 1. The molecule has 3 aliphatic rings. The van der Waals surface area contributed by atoms with E-state index in [1.54, 1.807) is 14.2 Å². The Balaban J connectivity index is 1.71. The Bertz CT molecular complexity index is 885. The second kappa shape index (κ2) is 8.36. The van der Waals surface area contributed by atoms with Gasteiger partial charge in [-0.3, -0.25) is 4.90 Å². The molecule has 1 aromatic carbocycles. The van der Waals surface area contributed by atoms with E-state index in [9.17, 15) is 9.90 Å². The van der Waals surface area contributed by atoms with Crippen LogP contribution in [0.25, 0.3) is 0 Å². The fourth-order valence-electron chi connectivity index (χ4n) is 6.05. The number of esters is 1. The van der Waals surface area contributed by atoms with Crippen molar-refractivity contribution < 1.29 is 24.1 Å². The van der Waals surface area contributed by atoms with E-state index in [1.807, 2.05) is 19.1 Å². The van der Waals surface area contributed by atoms with Crippen LogP contribution in [0.5, 0.6) is 5.75 Å². The second-order valence-electron chi connectivity index (χ2n) is 9.01. The highest BCUT2D eigenvalue weighted by Gasteiger charge is 2.57. The summed E-state index contributed by atoms with van der Waals surface area (Å²) in [6.07, 6.45) is 3.89. The molecule has 0 saturated carbocycles. The number of anilines is 1. The lowest BCUT2D eigenvalue weighted by Gasteiger charge is -2.53. The van der Waals surface area contributed by atoms with Crippen molar-refractivity contribution in [2.75, 3.05) is 39.7 Å². The standard InChI is InChI=1S/C24H34N2O5/c1-6-15-12-26-10-9-24(28)20-18(8-7-14(2)21(20)30-4)25-22(24)19(26)11-16(15)17(13-29-3)23(27)31-5/h7-8,13,15-16,19,22,25,28H,6,9-12H2,1-5H3/b17-13+/t15-,16+,19+,22-,24+/m1/s1. The molecule has 2 N–H and O–H groups in total. The molecule has 0 unspecified atom stereocenters. The molecule has 2 saturated heterocycles. The van der Waals surface area contributed by atoms with Crippen LogP contribution in [0.2, 0.25) is 0 Å². The fourth-order valence-corrected chi connectivity index (χ4v) is 6.05. The van der Waals surface area contributed by atoms with E-state index < -0.39 is 5.60 Å². The van der Waals surface area contributed by atoms with Crippen molar-refractivity contribution in [3.8, 4) is 5.75 Å². The summed E-state index contributed by atoms with van der Waals surface area (Å²) in [5.41, 5.74) is 2.40. The van der Waals surface area contributed by atoms with Crippen molar-refractivity contribution in [2.45, 2.75) is 50.8 Å². The normalized spacial score (nSPS) is 32.4. The van der Waals surface area contributed by atoms with Crippen molar-refractivity contribution in [1.82, 2.24) is 4.90 Å². The molecule has 0 aromatic heterocycles. The molecule has 0 spiro atoms. The second-order valence-corrected chi connectivity index (χ2v) is 9.01. The third kappa shape index (κ3) is 3.38. The highest BCUT2D eigenvalue weighted by molar-refractivity contribution is 5.88. The van der Waals surface area contributed by atoms with Gasteiger partial charge in [0.05, 0.1) is 44.8 Å². The molecule has 1 aromatic rings. The molecule has 2 fully saturated rings. The zero-order valence-corrected chi connectivity index (χ0v) is 19.1. The molecule has 170 valence electrons. The largest absolute Gasteiger partial charge is 0.504 e. The Morgan fingerprint density at radius 2 is 2.13 bits per heavy atom. The number of hydrogen-bond donors (Lipinski definition) is 2. The predicted octanol–water partition coefficient (Wildman–Crippen LogP) is 2.81. The highest BCUT2D eigenvalue weighted by Crippen LogP contribution is 2.53. The van der Waals surface area contributed by atoms with E-state index in [4.69, 9.17) is 14.2 Å². The van der Waals surface area contributed by atoms with Crippen LogP contribution in [0.15, 0.2) is 24.0 Å². The first-order chi connectivity index (χ1) is 14.9. The molecule has 31 heavy (non-hydrogen) atoms. The Morgan fingerprint density at radius 1 is 1.35 bits per heavy atom. The molecule has 7 heteroatoms. The number of methoxy groups -OCH3 is 3. The van der Waals surface area contributed by atoms with E-state index in [0.29, 0.717) is 17.9 Å². The summed E-state index contributed by atoms with van der Waals surface area (Å²) in [4.78, 5) is 15.0. The Labute approximate surface area is 184 Å². The molecule has 0 aliphatic carbocycles. The predicted molar refractivity (Wildman–Crippen MR) is 118 cm³/mol. The van der Waals surface area contributed by atoms with Gasteiger partial charge in [0.15, 0.2) is 0 Å². The summed E-state index contributed by atoms with van der Waals surface area (Å²) < 4.78 is 16.0. The molecule has 0 radical (unpaired) electrons. The van der Waals surface area contributed by atoms with Crippen LogP contribution in [-0.2, 0) is 19.9 Å². The van der Waals surface area contributed by atoms with Gasteiger partial charge in [-0.15, -0.1) is 0 Å². The lowest BCUT2D eigenvalue weighted by molar-refractivity contribution is -0.138. The minimum Gasteiger partial charge on any atom is -0.504 e. The molecule has 0 bridgehead atoms. The minimum atomic E-state index is -1.01. The van der Waals surface area contributed by atoms with E-state index in [0.717, 1.165) is 48.5 Å². The zero-order chi connectivity index (χ0) is 22.3. The van der Waals surface area contributed by atoms with Gasteiger partial charge in [-0.05, 0) is 43.2 Å². The van der Waals surface area contributed by atoms with E-state index in [1.165, 1.54) is 13.4 Å². The van der Waals surface area contributed by atoms with Crippen LogP contribution in [0.1, 0.15) is 37.3 Å². The van der Waals surface area contributed by atoms with Crippen molar-refractivity contribution >= 4 is 11.7 Å². The van der Waals surface area contributed by atoms with Crippen LogP contribution >= 0.6 is 0 Å². The lowest BCUT2D eigenvalue weighted by Crippen LogP contribution is -2.64. The summed E-state index contributed by atoms with van der Waals surface area (Å²) in [6.45, 7) is 5.86. The van der Waals surface area contributed by atoms with Gasteiger partial charge in [-0.2, -0.15) is 0 Å². The number of nitrogens with zero attached hydrogens (tertiary/aromatic N) is 1. The van der Waals surface area contributed by atoms with E-state index in [2.05, 4.69) is 17.1 Å². The van der Waals surface area contributed by atoms with Crippen LogP contribution < -0.4 is 10.1 Å². The van der Waals surface area contributed by atoms with Crippen LogP contribution in [-0.4, -0.2) is 62.5 Å². The molecule has 5 atom stereocenters. The van der Waals surface area contributed by atoms with Crippen LogP contribution in [0.3, 0.4) is 0 Å². The number of piperidine rings is 2. The maximum Gasteiger partial charge on any atom is 0.337 e. The third-order valence-corrected chi connectivity index (χ3v) is 7.57. The number of fused-ring (bicyclic) bond motifs is 5. The van der Waals surface area contributed by atoms with E-state index >= 15 is 0 Å². The number of aryl methyl sites for hydroxylation is 1. The van der Waals surface area contributed by atoms with Gasteiger partial charge in [-0.1, -0.05) is 19.4 Å². The zero-order valence-electron chi connectivity index (χ0n) is 19.1.